The molecule has 0 aromatic heterocycles. The number of anilines is 1. The summed E-state index contributed by atoms with van der Waals surface area (Å²) >= 11 is 5.90. The number of halogens is 2. The van der Waals surface area contributed by atoms with Gasteiger partial charge in [0.15, 0.2) is 0 Å². The van der Waals surface area contributed by atoms with Crippen LogP contribution in [0.1, 0.15) is 31.9 Å². The summed E-state index contributed by atoms with van der Waals surface area (Å²) in [6, 6.07) is 8.32. The van der Waals surface area contributed by atoms with Crippen LogP contribution in [-0.2, 0) is 10.0 Å². The fraction of sp³-hybridized carbons (Fsp3) is 0.278. The van der Waals surface area contributed by atoms with Gasteiger partial charge in [-0.15, -0.1) is 0 Å². The third kappa shape index (κ3) is 3.46. The minimum Gasteiger partial charge on any atom is -0.487 e. The fourth-order valence-corrected chi connectivity index (χ4v) is 4.67. The number of hydrogen-bond donors (Lipinski definition) is 2. The van der Waals surface area contributed by atoms with Gasteiger partial charge in [0.1, 0.15) is 22.1 Å². The molecule has 27 heavy (non-hydrogen) atoms. The maximum Gasteiger partial charge on any atom is 0.266 e. The molecule has 2 aromatic rings. The first kappa shape index (κ1) is 18.1. The quantitative estimate of drug-likeness (QED) is 0.749. The van der Waals surface area contributed by atoms with Crippen molar-refractivity contribution in [2.24, 2.45) is 4.99 Å². The highest BCUT2D eigenvalue weighted by atomic mass is 35.5. The summed E-state index contributed by atoms with van der Waals surface area (Å²) in [4.78, 5) is 4.57. The molecule has 2 heterocycles. The van der Waals surface area contributed by atoms with Gasteiger partial charge in [-0.25, -0.2) is 22.5 Å². The number of nitrogens with one attached hydrogen (secondary N) is 2. The predicted octanol–water partition coefficient (Wildman–Crippen LogP) is 3.84. The van der Waals surface area contributed by atoms with E-state index in [0.29, 0.717) is 28.4 Å². The first-order valence-electron chi connectivity index (χ1n) is 8.29. The summed E-state index contributed by atoms with van der Waals surface area (Å²) in [5.41, 5.74) is 0.422. The third-order valence-corrected chi connectivity index (χ3v) is 6.02. The van der Waals surface area contributed by atoms with Gasteiger partial charge in [0.25, 0.3) is 10.0 Å². The van der Waals surface area contributed by atoms with Crippen LogP contribution in [0.25, 0.3) is 0 Å². The molecular formula is C18H17ClFN3O3S. The molecule has 1 unspecified atom stereocenters. The van der Waals surface area contributed by atoms with Crippen LogP contribution in [0.4, 0.5) is 10.1 Å². The Morgan fingerprint density at radius 3 is 2.81 bits per heavy atom. The largest absolute Gasteiger partial charge is 0.487 e. The van der Waals surface area contributed by atoms with Gasteiger partial charge in [0.2, 0.25) is 5.96 Å². The molecular weight excluding hydrogens is 393 g/mol. The lowest BCUT2D eigenvalue weighted by Crippen LogP contribution is -2.42. The van der Waals surface area contributed by atoms with E-state index in [1.165, 1.54) is 18.2 Å². The SMILES string of the molecule is CC1(C)CC(N=C2Nc3ccc(Cl)cc3S(=O)(=O)N2)c2cc(F)ccc2O1. The topological polar surface area (TPSA) is 79.8 Å². The Labute approximate surface area is 161 Å². The summed E-state index contributed by atoms with van der Waals surface area (Å²) < 4.78 is 47.1. The van der Waals surface area contributed by atoms with Crippen molar-refractivity contribution in [2.75, 3.05) is 5.32 Å². The number of fused-ring (bicyclic) bond motifs is 2. The van der Waals surface area contributed by atoms with Gasteiger partial charge >= 0.3 is 0 Å². The van der Waals surface area contributed by atoms with Crippen molar-refractivity contribution in [1.82, 2.24) is 4.72 Å². The summed E-state index contributed by atoms with van der Waals surface area (Å²) in [6.45, 7) is 3.81. The Morgan fingerprint density at radius 2 is 2.04 bits per heavy atom. The third-order valence-electron chi connectivity index (χ3n) is 4.40. The van der Waals surface area contributed by atoms with E-state index in [1.807, 2.05) is 13.8 Å². The Hall–Kier alpha value is -2.32. The van der Waals surface area contributed by atoms with Crippen LogP contribution in [0.3, 0.4) is 0 Å². The average Bonchev–Trinajstić information content (AvgIpc) is 2.55. The molecule has 0 bridgehead atoms. The van der Waals surface area contributed by atoms with Crippen molar-refractivity contribution in [3.8, 4) is 5.75 Å². The summed E-state index contributed by atoms with van der Waals surface area (Å²) in [5.74, 6) is 0.204. The molecule has 0 saturated heterocycles. The molecule has 2 aliphatic rings. The zero-order chi connectivity index (χ0) is 19.4. The van der Waals surface area contributed by atoms with Crippen molar-refractivity contribution in [2.45, 2.75) is 36.8 Å². The van der Waals surface area contributed by atoms with E-state index in [0.717, 1.165) is 0 Å². The molecule has 0 fully saturated rings. The second kappa shape index (κ2) is 6.10. The monoisotopic (exact) mass is 409 g/mol. The molecule has 4 rings (SSSR count). The van der Waals surface area contributed by atoms with E-state index in [9.17, 15) is 12.8 Å². The van der Waals surface area contributed by atoms with Crippen LogP contribution in [-0.4, -0.2) is 20.0 Å². The number of aliphatic imine (C=N–C) groups is 1. The minimum absolute atomic E-state index is 0.0488. The molecule has 9 heteroatoms. The molecule has 2 N–H and O–H groups in total. The highest BCUT2D eigenvalue weighted by Crippen LogP contribution is 2.42. The van der Waals surface area contributed by atoms with Gasteiger partial charge in [-0.1, -0.05) is 11.6 Å². The summed E-state index contributed by atoms with van der Waals surface area (Å²) in [7, 11) is -3.81. The fourth-order valence-electron chi connectivity index (χ4n) is 3.27. The molecule has 0 radical (unpaired) electrons. The van der Waals surface area contributed by atoms with Gasteiger partial charge < -0.3 is 10.1 Å². The summed E-state index contributed by atoms with van der Waals surface area (Å²) in [5, 5.41) is 3.28. The van der Waals surface area contributed by atoms with Gasteiger partial charge in [-0.3, -0.25) is 0 Å². The van der Waals surface area contributed by atoms with Gasteiger partial charge in [0, 0.05) is 17.0 Å². The van der Waals surface area contributed by atoms with E-state index in [4.69, 9.17) is 16.3 Å². The standard InChI is InChI=1S/C18H17ClFN3O3S/c1-18(2)9-14(12-8-11(20)4-6-15(12)26-18)22-17-21-13-5-3-10(19)7-16(13)27(24,25)23-17/h3-8,14H,9H2,1-2H3,(H2,21,22,23). The number of rotatable bonds is 1. The van der Waals surface area contributed by atoms with Gasteiger partial charge in [-0.2, -0.15) is 0 Å². The number of nitrogens with zero attached hydrogens (tertiary/aromatic N) is 1. The van der Waals surface area contributed by atoms with Crippen molar-refractivity contribution < 1.29 is 17.5 Å². The Balaban J connectivity index is 1.76. The van der Waals surface area contributed by atoms with E-state index in [1.54, 1.807) is 18.2 Å². The molecule has 0 saturated carbocycles. The van der Waals surface area contributed by atoms with Crippen LogP contribution >= 0.6 is 11.6 Å². The zero-order valence-corrected chi connectivity index (χ0v) is 16.2. The van der Waals surface area contributed by atoms with Crippen molar-refractivity contribution in [3.05, 3.63) is 52.8 Å². The normalized spacial score (nSPS) is 23.4. The smallest absolute Gasteiger partial charge is 0.266 e. The number of sulfonamides is 1. The zero-order valence-electron chi connectivity index (χ0n) is 14.6. The number of hydrogen-bond acceptors (Lipinski definition) is 4. The second-order valence-corrected chi connectivity index (χ2v) is 9.20. The molecule has 2 aliphatic heterocycles. The number of guanidine groups is 1. The van der Waals surface area contributed by atoms with Crippen LogP contribution in [0, 0.1) is 5.82 Å². The van der Waals surface area contributed by atoms with Crippen LogP contribution in [0.5, 0.6) is 5.75 Å². The van der Waals surface area contributed by atoms with Crippen molar-refractivity contribution in [3.63, 3.8) is 0 Å². The van der Waals surface area contributed by atoms with Gasteiger partial charge in [0.05, 0.1) is 11.7 Å². The molecule has 1 atom stereocenters. The number of ether oxygens (including phenoxy) is 1. The van der Waals surface area contributed by atoms with Crippen LogP contribution in [0.15, 0.2) is 46.3 Å². The Bertz CT molecular complexity index is 1070. The lowest BCUT2D eigenvalue weighted by Gasteiger charge is -2.36. The Kier molecular flexibility index (Phi) is 4.08. The van der Waals surface area contributed by atoms with E-state index in [-0.39, 0.29) is 10.9 Å². The first-order valence-corrected chi connectivity index (χ1v) is 10.1. The predicted molar refractivity (Wildman–Crippen MR) is 101 cm³/mol. The highest BCUT2D eigenvalue weighted by molar-refractivity contribution is 7.90. The first-order chi connectivity index (χ1) is 12.6. The molecule has 6 nitrogen and oxygen atoms in total. The molecule has 2 aromatic carbocycles. The summed E-state index contributed by atoms with van der Waals surface area (Å²) in [6.07, 6.45) is 0.462. The molecule has 142 valence electrons. The lowest BCUT2D eigenvalue weighted by molar-refractivity contribution is 0.0729. The van der Waals surface area contributed by atoms with E-state index < -0.39 is 27.5 Å². The molecule has 0 aliphatic carbocycles. The van der Waals surface area contributed by atoms with Crippen molar-refractivity contribution >= 4 is 33.3 Å². The van der Waals surface area contributed by atoms with Gasteiger partial charge in [-0.05, 0) is 50.2 Å². The maximum atomic E-state index is 13.8. The average molecular weight is 410 g/mol. The van der Waals surface area contributed by atoms with Crippen molar-refractivity contribution in [1.29, 1.82) is 0 Å². The second-order valence-electron chi connectivity index (χ2n) is 7.11. The van der Waals surface area contributed by atoms with E-state index in [2.05, 4.69) is 15.0 Å². The van der Waals surface area contributed by atoms with Crippen LogP contribution in [0.2, 0.25) is 5.02 Å². The number of benzene rings is 2. The highest BCUT2D eigenvalue weighted by Gasteiger charge is 2.35. The lowest BCUT2D eigenvalue weighted by atomic mass is 9.90. The van der Waals surface area contributed by atoms with E-state index >= 15 is 0 Å². The minimum atomic E-state index is -3.81. The Morgan fingerprint density at radius 1 is 1.26 bits per heavy atom. The molecule has 0 spiro atoms. The molecule has 0 amide bonds. The van der Waals surface area contributed by atoms with Crippen LogP contribution < -0.4 is 14.8 Å². The maximum absolute atomic E-state index is 13.8.